The van der Waals surface area contributed by atoms with Gasteiger partial charge in [0.15, 0.2) is 0 Å². The van der Waals surface area contributed by atoms with E-state index in [0.29, 0.717) is 19.7 Å². The summed E-state index contributed by atoms with van der Waals surface area (Å²) in [6.45, 7) is 1.01. The molecule has 1 aromatic carbocycles. The number of amides is 1. The summed E-state index contributed by atoms with van der Waals surface area (Å²) in [4.78, 5) is 24.1. The Labute approximate surface area is 116 Å². The number of alkyl halides is 1. The normalized spacial score (nSPS) is 10.2. The number of benzene rings is 1. The molecule has 0 aliphatic rings. The smallest absolute Gasteiger partial charge is 0.282 e. The highest BCUT2D eigenvalue weighted by Crippen LogP contribution is 2.19. The molecule has 19 heavy (non-hydrogen) atoms. The molecule has 1 rings (SSSR count). The van der Waals surface area contributed by atoms with Crippen LogP contribution < -0.4 is 0 Å². The molecule has 0 unspecified atom stereocenters. The number of hydrogen-bond acceptors (Lipinski definition) is 4. The molecule has 0 bridgehead atoms. The van der Waals surface area contributed by atoms with Crippen LogP contribution in [0.4, 0.5) is 5.69 Å². The Balaban J connectivity index is 2.98. The van der Waals surface area contributed by atoms with Gasteiger partial charge in [-0.3, -0.25) is 14.9 Å². The Morgan fingerprint density at radius 1 is 1.42 bits per heavy atom. The number of carbonyl (C=O) groups is 1. The summed E-state index contributed by atoms with van der Waals surface area (Å²) in [6.07, 6.45) is 0. The third-order valence-corrected chi connectivity index (χ3v) is 2.71. The van der Waals surface area contributed by atoms with E-state index in [1.807, 2.05) is 0 Å². The van der Waals surface area contributed by atoms with Gasteiger partial charge in [-0.15, -0.1) is 11.6 Å². The standard InChI is InChI=1S/C12H15ClN2O4/c1-19-9-8-14(7-6-13)12(16)10-4-2-3-5-11(10)15(17)18/h2-5H,6-9H2,1H3. The Kier molecular flexibility index (Phi) is 6.24. The zero-order chi connectivity index (χ0) is 14.3. The van der Waals surface area contributed by atoms with Gasteiger partial charge in [0.25, 0.3) is 11.6 Å². The fourth-order valence-corrected chi connectivity index (χ4v) is 1.81. The first-order chi connectivity index (χ1) is 9.11. The lowest BCUT2D eigenvalue weighted by molar-refractivity contribution is -0.385. The number of methoxy groups -OCH3 is 1. The van der Waals surface area contributed by atoms with Crippen molar-refractivity contribution in [3.05, 3.63) is 39.9 Å². The molecular formula is C12H15ClN2O4. The van der Waals surface area contributed by atoms with Crippen molar-refractivity contribution in [3.8, 4) is 0 Å². The Hall–Kier alpha value is -1.66. The maximum Gasteiger partial charge on any atom is 0.282 e. The lowest BCUT2D eigenvalue weighted by Crippen LogP contribution is -2.35. The zero-order valence-electron chi connectivity index (χ0n) is 10.5. The maximum absolute atomic E-state index is 12.3. The molecule has 0 spiro atoms. The van der Waals surface area contributed by atoms with E-state index < -0.39 is 10.8 Å². The fraction of sp³-hybridized carbons (Fsp3) is 0.417. The largest absolute Gasteiger partial charge is 0.383 e. The van der Waals surface area contributed by atoms with E-state index in [-0.39, 0.29) is 17.1 Å². The molecule has 0 saturated carbocycles. The van der Waals surface area contributed by atoms with Crippen molar-refractivity contribution in [2.75, 3.05) is 32.7 Å². The van der Waals surface area contributed by atoms with E-state index in [1.54, 1.807) is 6.07 Å². The zero-order valence-corrected chi connectivity index (χ0v) is 11.3. The number of nitro groups is 1. The summed E-state index contributed by atoms with van der Waals surface area (Å²) in [5.41, 5.74) is -0.141. The molecular weight excluding hydrogens is 272 g/mol. The van der Waals surface area contributed by atoms with Crippen LogP contribution in [0.2, 0.25) is 0 Å². The van der Waals surface area contributed by atoms with Crippen LogP contribution in [0.3, 0.4) is 0 Å². The molecule has 0 fully saturated rings. The summed E-state index contributed by atoms with van der Waals surface area (Å²) in [5.74, 6) is -0.152. The second-order valence-corrected chi connectivity index (χ2v) is 4.13. The first-order valence-corrected chi connectivity index (χ1v) is 6.22. The van der Waals surface area contributed by atoms with Crippen LogP contribution in [0.15, 0.2) is 24.3 Å². The molecule has 0 atom stereocenters. The number of nitrogens with zero attached hydrogens (tertiary/aromatic N) is 2. The van der Waals surface area contributed by atoms with Gasteiger partial charge < -0.3 is 9.64 Å². The molecule has 0 saturated heterocycles. The lowest BCUT2D eigenvalue weighted by atomic mass is 10.1. The number of halogens is 1. The number of ether oxygens (including phenoxy) is 1. The predicted octanol–water partition coefficient (Wildman–Crippen LogP) is 1.92. The van der Waals surface area contributed by atoms with Crippen LogP contribution in [0, 0.1) is 10.1 Å². The third kappa shape index (κ3) is 4.18. The number of hydrogen-bond donors (Lipinski definition) is 0. The number of rotatable bonds is 7. The summed E-state index contributed by atoms with van der Waals surface area (Å²) in [7, 11) is 1.52. The van der Waals surface area contributed by atoms with E-state index in [2.05, 4.69) is 0 Å². The van der Waals surface area contributed by atoms with Crippen LogP contribution in [0.1, 0.15) is 10.4 Å². The Bertz CT molecular complexity index is 453. The highest BCUT2D eigenvalue weighted by atomic mass is 35.5. The molecule has 0 aromatic heterocycles. The van der Waals surface area contributed by atoms with Crippen LogP contribution in [0.5, 0.6) is 0 Å². The van der Waals surface area contributed by atoms with Gasteiger partial charge in [0.05, 0.1) is 11.5 Å². The number of carbonyl (C=O) groups excluding carboxylic acids is 1. The fourth-order valence-electron chi connectivity index (χ4n) is 1.60. The second-order valence-electron chi connectivity index (χ2n) is 3.75. The van der Waals surface area contributed by atoms with Crippen molar-refractivity contribution in [1.29, 1.82) is 0 Å². The van der Waals surface area contributed by atoms with E-state index >= 15 is 0 Å². The molecule has 104 valence electrons. The molecule has 0 heterocycles. The topological polar surface area (TPSA) is 72.7 Å². The number of nitro benzene ring substituents is 1. The summed E-state index contributed by atoms with van der Waals surface area (Å²) in [6, 6.07) is 5.86. The van der Waals surface area contributed by atoms with Crippen molar-refractivity contribution in [1.82, 2.24) is 4.90 Å². The van der Waals surface area contributed by atoms with Crippen molar-refractivity contribution < 1.29 is 14.5 Å². The molecule has 1 aromatic rings. The summed E-state index contributed by atoms with van der Waals surface area (Å²) < 4.78 is 4.91. The summed E-state index contributed by atoms with van der Waals surface area (Å²) >= 11 is 5.64. The van der Waals surface area contributed by atoms with Gasteiger partial charge in [-0.1, -0.05) is 12.1 Å². The van der Waals surface area contributed by atoms with Gasteiger partial charge in [-0.25, -0.2) is 0 Å². The minimum atomic E-state index is -0.567. The van der Waals surface area contributed by atoms with Crippen molar-refractivity contribution in [3.63, 3.8) is 0 Å². The lowest BCUT2D eigenvalue weighted by Gasteiger charge is -2.21. The highest BCUT2D eigenvalue weighted by Gasteiger charge is 2.23. The predicted molar refractivity (Wildman–Crippen MR) is 71.6 cm³/mol. The van der Waals surface area contributed by atoms with Crippen molar-refractivity contribution >= 4 is 23.2 Å². The minimum absolute atomic E-state index is 0.0636. The average Bonchev–Trinajstić information content (AvgIpc) is 2.42. The van der Waals surface area contributed by atoms with Crippen LogP contribution in [-0.4, -0.2) is 48.4 Å². The average molecular weight is 287 g/mol. The first-order valence-electron chi connectivity index (χ1n) is 5.69. The van der Waals surface area contributed by atoms with Gasteiger partial charge in [0, 0.05) is 32.1 Å². The summed E-state index contributed by atoms with van der Waals surface area (Å²) in [5, 5.41) is 10.9. The quantitative estimate of drug-likeness (QED) is 0.436. The molecule has 0 radical (unpaired) electrons. The molecule has 1 amide bonds. The third-order valence-electron chi connectivity index (χ3n) is 2.54. The van der Waals surface area contributed by atoms with Gasteiger partial charge in [0.2, 0.25) is 0 Å². The van der Waals surface area contributed by atoms with Gasteiger partial charge in [-0.05, 0) is 6.07 Å². The molecule has 7 heteroatoms. The highest BCUT2D eigenvalue weighted by molar-refractivity contribution is 6.18. The van der Waals surface area contributed by atoms with E-state index in [4.69, 9.17) is 16.3 Å². The van der Waals surface area contributed by atoms with Gasteiger partial charge in [0.1, 0.15) is 5.56 Å². The first kappa shape index (κ1) is 15.4. The Morgan fingerprint density at radius 3 is 2.68 bits per heavy atom. The Morgan fingerprint density at radius 2 is 2.11 bits per heavy atom. The molecule has 0 N–H and O–H groups in total. The minimum Gasteiger partial charge on any atom is -0.383 e. The SMILES string of the molecule is COCCN(CCCl)C(=O)c1ccccc1[N+](=O)[O-]. The second kappa shape index (κ2) is 7.70. The monoisotopic (exact) mass is 286 g/mol. The van der Waals surface area contributed by atoms with E-state index in [0.717, 1.165) is 0 Å². The van der Waals surface area contributed by atoms with Crippen LogP contribution in [-0.2, 0) is 4.74 Å². The maximum atomic E-state index is 12.3. The van der Waals surface area contributed by atoms with Crippen LogP contribution in [0.25, 0.3) is 0 Å². The van der Waals surface area contributed by atoms with Crippen LogP contribution >= 0.6 is 11.6 Å². The van der Waals surface area contributed by atoms with Crippen molar-refractivity contribution in [2.24, 2.45) is 0 Å². The van der Waals surface area contributed by atoms with E-state index in [9.17, 15) is 14.9 Å². The van der Waals surface area contributed by atoms with E-state index in [1.165, 1.54) is 30.2 Å². The number of para-hydroxylation sites is 1. The van der Waals surface area contributed by atoms with Crippen molar-refractivity contribution in [2.45, 2.75) is 0 Å². The molecule has 0 aliphatic carbocycles. The molecule has 0 aliphatic heterocycles. The van der Waals surface area contributed by atoms with Gasteiger partial charge >= 0.3 is 0 Å². The van der Waals surface area contributed by atoms with Gasteiger partial charge in [-0.2, -0.15) is 0 Å². The molecule has 6 nitrogen and oxygen atoms in total.